The molecule has 0 aliphatic heterocycles. The molecule has 0 heterocycles. The lowest BCUT2D eigenvalue weighted by Gasteiger charge is -2.22. The number of aliphatic hydroxyl groups is 2. The van der Waals surface area contributed by atoms with Crippen LogP contribution >= 0.6 is 0 Å². The van der Waals surface area contributed by atoms with Gasteiger partial charge in [0, 0.05) is 7.11 Å². The first-order valence-corrected chi connectivity index (χ1v) is 24.6. The van der Waals surface area contributed by atoms with E-state index in [-0.39, 0.29) is 0 Å². The minimum Gasteiger partial charge on any atom is -0.516 e. The van der Waals surface area contributed by atoms with Crippen molar-refractivity contribution in [1.29, 1.82) is 0 Å². The molecule has 4 nitrogen and oxygen atoms in total. The van der Waals surface area contributed by atoms with Crippen LogP contribution in [0.15, 0.2) is 25.5 Å². The summed E-state index contributed by atoms with van der Waals surface area (Å²) in [5.74, 6) is 3.27. The molecule has 4 N–H and O–H groups in total. The van der Waals surface area contributed by atoms with E-state index in [1.807, 2.05) is 0 Å². The van der Waals surface area contributed by atoms with E-state index < -0.39 is 0 Å². The predicted octanol–water partition coefficient (Wildman–Crippen LogP) is 16.7. The molecule has 0 saturated carbocycles. The molecule has 0 spiro atoms. The molecule has 0 aromatic rings. The van der Waals surface area contributed by atoms with Crippen molar-refractivity contribution in [3.05, 3.63) is 25.5 Å². The second-order valence-electron chi connectivity index (χ2n) is 15.9. The van der Waals surface area contributed by atoms with Crippen LogP contribution in [0, 0.1) is 18.3 Å². The van der Waals surface area contributed by atoms with E-state index in [2.05, 4.69) is 63.0 Å². The van der Waals surface area contributed by atoms with Crippen molar-refractivity contribution in [2.45, 2.75) is 259 Å². The van der Waals surface area contributed by atoms with Crippen molar-refractivity contribution in [2.75, 3.05) is 33.8 Å². The summed E-state index contributed by atoms with van der Waals surface area (Å²) in [6.07, 6.45) is 59.5. The molecule has 0 fully saturated rings. The summed E-state index contributed by atoms with van der Waals surface area (Å²) in [6, 6.07) is 0. The molecule has 4 heteroatoms. The van der Waals surface area contributed by atoms with Crippen molar-refractivity contribution in [3.8, 4) is 12.3 Å². The molecule has 0 rings (SSSR count). The molecule has 0 bridgehead atoms. The summed E-state index contributed by atoms with van der Waals surface area (Å²) >= 11 is 0. The smallest absolute Gasteiger partial charge is 0.0719 e. The van der Waals surface area contributed by atoms with Crippen LogP contribution in [-0.4, -0.2) is 48.9 Å². The summed E-state index contributed by atoms with van der Waals surface area (Å²) in [7, 11) is 2.50. The summed E-state index contributed by atoms with van der Waals surface area (Å²) in [5.41, 5.74) is 4.50. The fraction of sp³-hybridized carbons (Fsp3) is 0.885. The first-order valence-electron chi connectivity index (χ1n) is 24.6. The molecule has 0 aromatic carbocycles. The topological polar surface area (TPSA) is 69.7 Å². The summed E-state index contributed by atoms with van der Waals surface area (Å²) in [6.45, 7) is 19.4. The van der Waals surface area contributed by atoms with Gasteiger partial charge in [-0.2, -0.15) is 0 Å². The first kappa shape index (κ1) is 63.9. The number of allylic oxidation sites excluding steroid dienone is 1. The maximum Gasteiger partial charge on any atom is 0.0719 e. The number of aliphatic hydroxyl groups excluding tert-OH is 2. The van der Waals surface area contributed by atoms with Crippen LogP contribution in [0.25, 0.3) is 0 Å². The average molecular weight is 793 g/mol. The highest BCUT2D eigenvalue weighted by atomic mass is 16.2. The Hall–Kier alpha value is -1.28. The number of hydrogen-bond donors (Lipinski definition) is 3. The van der Waals surface area contributed by atoms with Crippen molar-refractivity contribution in [1.82, 2.24) is 4.90 Å². The Morgan fingerprint density at radius 3 is 0.946 bits per heavy atom. The van der Waals surface area contributed by atoms with E-state index in [9.17, 15) is 0 Å². The van der Waals surface area contributed by atoms with Gasteiger partial charge in [-0.25, -0.2) is 0 Å². The lowest BCUT2D eigenvalue weighted by atomic mass is 9.89. The van der Waals surface area contributed by atoms with Gasteiger partial charge in [0.15, 0.2) is 0 Å². The van der Waals surface area contributed by atoms with E-state index in [1.54, 1.807) is 6.92 Å². The molecule has 0 saturated heterocycles. The Labute approximate surface area is 356 Å². The van der Waals surface area contributed by atoms with Gasteiger partial charge < -0.3 is 20.8 Å². The zero-order chi connectivity index (χ0) is 42.9. The number of nitrogens with zero attached hydrogens (tertiary/aromatic N) is 1. The van der Waals surface area contributed by atoms with Crippen LogP contribution in [0.2, 0.25) is 0 Å². The van der Waals surface area contributed by atoms with Gasteiger partial charge in [-0.15, -0.1) is 18.9 Å². The molecule has 0 unspecified atom stereocenters. The molecule has 0 aliphatic rings. The van der Waals surface area contributed by atoms with Gasteiger partial charge in [0.05, 0.1) is 6.26 Å². The third-order valence-corrected chi connectivity index (χ3v) is 10.7. The third kappa shape index (κ3) is 67.5. The Bertz CT molecular complexity index is 660. The quantitative estimate of drug-likeness (QED) is 0.0250. The monoisotopic (exact) mass is 793 g/mol. The molecule has 0 aromatic heterocycles. The minimum atomic E-state index is 0.750. The van der Waals surface area contributed by atoms with Crippen molar-refractivity contribution in [3.63, 3.8) is 0 Å². The van der Waals surface area contributed by atoms with Crippen molar-refractivity contribution in [2.24, 2.45) is 11.7 Å². The Morgan fingerprint density at radius 2 is 0.696 bits per heavy atom. The second kappa shape index (κ2) is 68.4. The fourth-order valence-corrected chi connectivity index (χ4v) is 7.48. The van der Waals surface area contributed by atoms with Crippen LogP contribution in [-0.2, 0) is 0 Å². The maximum absolute atomic E-state index is 7.33. The second-order valence-corrected chi connectivity index (χ2v) is 15.9. The molecule has 0 aliphatic carbocycles. The molecule has 0 radical (unpaired) electrons. The number of nitrogens with two attached hydrogens (primary N) is 1. The van der Waals surface area contributed by atoms with Gasteiger partial charge in [0.25, 0.3) is 0 Å². The van der Waals surface area contributed by atoms with Crippen LogP contribution in [0.3, 0.4) is 0 Å². The van der Waals surface area contributed by atoms with E-state index in [4.69, 9.17) is 10.2 Å². The Kier molecular flexibility index (Phi) is 78.0. The van der Waals surface area contributed by atoms with Crippen LogP contribution in [0.1, 0.15) is 259 Å². The zero-order valence-electron chi connectivity index (χ0n) is 39.7. The first-order chi connectivity index (χ1) is 27.6. The highest BCUT2D eigenvalue weighted by Crippen LogP contribution is 2.25. The molecule has 56 heavy (non-hydrogen) atoms. The van der Waals surface area contributed by atoms with E-state index >= 15 is 0 Å². The fourth-order valence-electron chi connectivity index (χ4n) is 7.48. The number of unbranched alkanes of at least 4 members (excludes halogenated alkanes) is 28. The zero-order valence-corrected chi connectivity index (χ0v) is 39.7. The van der Waals surface area contributed by atoms with Crippen LogP contribution < -0.4 is 5.73 Å². The van der Waals surface area contributed by atoms with E-state index in [1.165, 1.54) is 258 Å². The molecular weight excluding hydrogens is 685 g/mol. The van der Waals surface area contributed by atoms with E-state index in [0.29, 0.717) is 0 Å². The van der Waals surface area contributed by atoms with Gasteiger partial charge in [0.1, 0.15) is 0 Å². The van der Waals surface area contributed by atoms with Crippen LogP contribution in [0.4, 0.5) is 0 Å². The normalized spacial score (nSPS) is 10.2. The van der Waals surface area contributed by atoms with Gasteiger partial charge in [-0.3, -0.25) is 0 Å². The molecular formula is C52H108N2O2. The standard InChI is InChI=1S/C45H91N.C3H4.C2H4O.CH5N.CH4O/c1-5-9-13-16-19-20-21-22-23-24-25-26-31-37-43-46(42-36-12-8-4)44-38-32-27-30-35-41-45(39-33-28-17-14-10-6-2)40-34-29-18-15-11-7-3;1-3-2;1-2-3;2*1-2/h8,45H,4-7,9-44H2,1-3H3;1H,2H3;2-3H,1H2;2H2,1H3;2H,1H3. The van der Waals surface area contributed by atoms with Gasteiger partial charge in [0.2, 0.25) is 0 Å². The number of rotatable bonds is 41. The summed E-state index contributed by atoms with van der Waals surface area (Å²) in [4.78, 5) is 2.79. The average Bonchev–Trinajstić information content (AvgIpc) is 3.21. The van der Waals surface area contributed by atoms with Crippen LogP contribution in [0.5, 0.6) is 0 Å². The van der Waals surface area contributed by atoms with Crippen molar-refractivity contribution < 1.29 is 10.2 Å². The molecule has 0 amide bonds. The molecule has 338 valence electrons. The van der Waals surface area contributed by atoms with Gasteiger partial charge >= 0.3 is 0 Å². The highest BCUT2D eigenvalue weighted by molar-refractivity contribution is 4.73. The minimum absolute atomic E-state index is 0.750. The van der Waals surface area contributed by atoms with Crippen molar-refractivity contribution >= 4 is 0 Å². The van der Waals surface area contributed by atoms with Gasteiger partial charge in [-0.05, 0) is 65.2 Å². The lowest BCUT2D eigenvalue weighted by Crippen LogP contribution is -2.27. The largest absolute Gasteiger partial charge is 0.516 e. The SMILES string of the molecule is C#CC.C=CCCCN(CCCCCCCCCCCCCCCC)CCCCCCCC(CCCCCCCC)CCCCCCCC.C=CO.CN.CO. The predicted molar refractivity (Wildman–Crippen MR) is 259 cm³/mol. The highest BCUT2D eigenvalue weighted by Gasteiger charge is 2.09. The summed E-state index contributed by atoms with van der Waals surface area (Å²) < 4.78 is 0. The Balaban J connectivity index is -0.000000784. The third-order valence-electron chi connectivity index (χ3n) is 10.7. The number of terminal acetylenes is 1. The Morgan fingerprint density at radius 1 is 0.482 bits per heavy atom. The molecule has 0 atom stereocenters. The van der Waals surface area contributed by atoms with E-state index in [0.717, 1.165) is 19.3 Å². The maximum atomic E-state index is 7.33. The summed E-state index contributed by atoms with van der Waals surface area (Å²) in [5, 5.41) is 14.3. The number of hydrogen-bond acceptors (Lipinski definition) is 4. The van der Waals surface area contributed by atoms with Gasteiger partial charge in [-0.1, -0.05) is 239 Å². The lowest BCUT2D eigenvalue weighted by molar-refractivity contribution is 0.257.